The first-order valence-electron chi connectivity index (χ1n) is 11.3. The molecule has 1 saturated heterocycles. The number of fused-ring (bicyclic) bond motifs is 1. The number of aromatic nitrogens is 4. The molecule has 0 amide bonds. The van der Waals surface area contributed by atoms with Gasteiger partial charge in [-0.15, -0.1) is 5.10 Å². The molecule has 0 saturated carbocycles. The van der Waals surface area contributed by atoms with Crippen molar-refractivity contribution >= 4 is 28.4 Å². The largest absolute Gasteiger partial charge is 0.464 e. The Labute approximate surface area is 198 Å². The molecule has 8 heteroatoms. The maximum atomic E-state index is 11.6. The SMILES string of the molecule is COC(=O)c1cnc(N2CCN(c3nnc(Cc4ccccc4)c4ccccc34)CC2C)cn1. The summed E-state index contributed by atoms with van der Waals surface area (Å²) in [6.45, 7) is 4.47. The van der Waals surface area contributed by atoms with E-state index in [1.54, 1.807) is 6.20 Å². The van der Waals surface area contributed by atoms with Gasteiger partial charge in [-0.1, -0.05) is 54.6 Å². The lowest BCUT2D eigenvalue weighted by molar-refractivity contribution is 0.0593. The van der Waals surface area contributed by atoms with Crippen LogP contribution in [0.1, 0.15) is 28.7 Å². The summed E-state index contributed by atoms with van der Waals surface area (Å²) in [7, 11) is 1.33. The molecule has 1 aliphatic heterocycles. The quantitative estimate of drug-likeness (QED) is 0.424. The molecular weight excluding hydrogens is 428 g/mol. The van der Waals surface area contributed by atoms with Crippen LogP contribution in [0.5, 0.6) is 0 Å². The fourth-order valence-corrected chi connectivity index (χ4v) is 4.47. The van der Waals surface area contributed by atoms with Crippen LogP contribution in [0.2, 0.25) is 0 Å². The van der Waals surface area contributed by atoms with Gasteiger partial charge in [0.25, 0.3) is 0 Å². The van der Waals surface area contributed by atoms with E-state index in [0.29, 0.717) is 0 Å². The number of carbonyl (C=O) groups excluding carboxylic acids is 1. The minimum absolute atomic E-state index is 0.177. The van der Waals surface area contributed by atoms with E-state index in [4.69, 9.17) is 4.74 Å². The number of hydrogen-bond donors (Lipinski definition) is 0. The molecule has 0 spiro atoms. The molecular formula is C26H26N6O2. The topological polar surface area (TPSA) is 84.3 Å². The Balaban J connectivity index is 1.37. The fraction of sp³-hybridized carbons (Fsp3) is 0.269. The Bertz CT molecular complexity index is 1300. The van der Waals surface area contributed by atoms with Crippen LogP contribution in [-0.4, -0.2) is 58.9 Å². The number of carbonyl (C=O) groups is 1. The number of hydrogen-bond acceptors (Lipinski definition) is 8. The molecule has 34 heavy (non-hydrogen) atoms. The zero-order valence-corrected chi connectivity index (χ0v) is 19.3. The van der Waals surface area contributed by atoms with Crippen LogP contribution in [0.25, 0.3) is 10.8 Å². The minimum atomic E-state index is -0.488. The second-order valence-electron chi connectivity index (χ2n) is 8.42. The van der Waals surface area contributed by atoms with E-state index in [-0.39, 0.29) is 11.7 Å². The van der Waals surface area contributed by atoms with Gasteiger partial charge in [-0.05, 0) is 12.5 Å². The summed E-state index contributed by atoms with van der Waals surface area (Å²) in [4.78, 5) is 24.8. The molecule has 0 radical (unpaired) electrons. The number of rotatable bonds is 5. The summed E-state index contributed by atoms with van der Waals surface area (Å²) in [5, 5.41) is 11.6. The van der Waals surface area contributed by atoms with Gasteiger partial charge >= 0.3 is 5.97 Å². The molecule has 172 valence electrons. The molecule has 0 N–H and O–H groups in total. The van der Waals surface area contributed by atoms with Crippen molar-refractivity contribution in [1.82, 2.24) is 20.2 Å². The second-order valence-corrected chi connectivity index (χ2v) is 8.42. The standard InChI is InChI=1S/C26H26N6O2/c1-18-17-31(12-13-32(18)24-16-27-23(15-28-24)26(33)34-2)25-21-11-7-6-10-20(21)22(29-30-25)14-19-8-4-3-5-9-19/h3-11,15-16,18H,12-14,17H2,1-2H3. The normalized spacial score (nSPS) is 16.0. The molecule has 0 aliphatic carbocycles. The van der Waals surface area contributed by atoms with E-state index >= 15 is 0 Å². The number of nitrogens with zero attached hydrogens (tertiary/aromatic N) is 6. The van der Waals surface area contributed by atoms with Gasteiger partial charge < -0.3 is 14.5 Å². The van der Waals surface area contributed by atoms with Crippen LogP contribution in [0.15, 0.2) is 67.0 Å². The first-order valence-corrected chi connectivity index (χ1v) is 11.3. The van der Waals surface area contributed by atoms with E-state index in [0.717, 1.165) is 54.2 Å². The van der Waals surface area contributed by atoms with Gasteiger partial charge in [0.2, 0.25) is 0 Å². The highest BCUT2D eigenvalue weighted by Crippen LogP contribution is 2.29. The highest BCUT2D eigenvalue weighted by molar-refractivity contribution is 5.93. The van der Waals surface area contributed by atoms with Crippen molar-refractivity contribution in [2.75, 3.05) is 36.5 Å². The lowest BCUT2D eigenvalue weighted by Crippen LogP contribution is -2.52. The third-order valence-electron chi connectivity index (χ3n) is 6.21. The minimum Gasteiger partial charge on any atom is -0.464 e. The molecule has 1 unspecified atom stereocenters. The fourth-order valence-electron chi connectivity index (χ4n) is 4.47. The van der Waals surface area contributed by atoms with Crippen molar-refractivity contribution in [3.63, 3.8) is 0 Å². The molecule has 1 fully saturated rings. The summed E-state index contributed by atoms with van der Waals surface area (Å²) in [6, 6.07) is 18.9. The van der Waals surface area contributed by atoms with Crippen molar-refractivity contribution in [3.8, 4) is 0 Å². The van der Waals surface area contributed by atoms with Crippen LogP contribution in [0.3, 0.4) is 0 Å². The lowest BCUT2D eigenvalue weighted by atomic mass is 10.0. The number of ether oxygens (including phenoxy) is 1. The number of esters is 1. The number of methoxy groups -OCH3 is 1. The van der Waals surface area contributed by atoms with E-state index < -0.39 is 5.97 Å². The van der Waals surface area contributed by atoms with Crippen molar-refractivity contribution in [2.24, 2.45) is 0 Å². The predicted molar refractivity (Wildman–Crippen MR) is 131 cm³/mol. The van der Waals surface area contributed by atoms with E-state index in [1.807, 2.05) is 18.2 Å². The third-order valence-corrected chi connectivity index (χ3v) is 6.21. The maximum Gasteiger partial charge on any atom is 0.358 e. The van der Waals surface area contributed by atoms with Crippen molar-refractivity contribution in [1.29, 1.82) is 0 Å². The number of benzene rings is 2. The van der Waals surface area contributed by atoms with Crippen molar-refractivity contribution in [3.05, 3.63) is 83.9 Å². The number of anilines is 2. The number of piperazine rings is 1. The highest BCUT2D eigenvalue weighted by Gasteiger charge is 2.27. The van der Waals surface area contributed by atoms with Gasteiger partial charge in [-0.2, -0.15) is 5.10 Å². The Morgan fingerprint density at radius 2 is 1.74 bits per heavy atom. The van der Waals surface area contributed by atoms with Crippen LogP contribution in [0.4, 0.5) is 11.6 Å². The summed E-state index contributed by atoms with van der Waals surface area (Å²) < 4.78 is 4.71. The summed E-state index contributed by atoms with van der Waals surface area (Å²) in [5.74, 6) is 1.16. The van der Waals surface area contributed by atoms with Crippen LogP contribution >= 0.6 is 0 Å². The average molecular weight is 455 g/mol. The van der Waals surface area contributed by atoms with Gasteiger partial charge in [0.1, 0.15) is 5.82 Å². The van der Waals surface area contributed by atoms with Gasteiger partial charge in [-0.3, -0.25) is 0 Å². The maximum absolute atomic E-state index is 11.6. The summed E-state index contributed by atoms with van der Waals surface area (Å²) in [5.41, 5.74) is 2.41. The van der Waals surface area contributed by atoms with E-state index in [1.165, 1.54) is 18.9 Å². The van der Waals surface area contributed by atoms with Crippen molar-refractivity contribution in [2.45, 2.75) is 19.4 Å². The molecule has 1 aliphatic rings. The molecule has 1 atom stereocenters. The third kappa shape index (κ3) is 4.26. The molecule has 4 aromatic rings. The predicted octanol–water partition coefficient (Wildman–Crippen LogP) is 3.51. The zero-order valence-electron chi connectivity index (χ0n) is 19.3. The average Bonchev–Trinajstić information content (AvgIpc) is 2.89. The lowest BCUT2D eigenvalue weighted by Gasteiger charge is -2.41. The molecule has 2 aromatic heterocycles. The first kappa shape index (κ1) is 21.8. The Kier molecular flexibility index (Phi) is 6.03. The van der Waals surface area contributed by atoms with Gasteiger partial charge in [0.15, 0.2) is 11.5 Å². The molecule has 5 rings (SSSR count). The second kappa shape index (κ2) is 9.43. The first-order chi connectivity index (χ1) is 16.6. The summed E-state index contributed by atoms with van der Waals surface area (Å²) in [6.07, 6.45) is 3.84. The Morgan fingerprint density at radius 1 is 0.971 bits per heavy atom. The molecule has 8 nitrogen and oxygen atoms in total. The molecule has 3 heterocycles. The monoisotopic (exact) mass is 454 g/mol. The van der Waals surface area contributed by atoms with Gasteiger partial charge in [0.05, 0.1) is 25.2 Å². The Hall–Kier alpha value is -4.07. The van der Waals surface area contributed by atoms with Crippen LogP contribution in [-0.2, 0) is 11.2 Å². The summed E-state index contributed by atoms with van der Waals surface area (Å²) >= 11 is 0. The Morgan fingerprint density at radius 3 is 2.44 bits per heavy atom. The van der Waals surface area contributed by atoms with Crippen molar-refractivity contribution < 1.29 is 9.53 Å². The van der Waals surface area contributed by atoms with E-state index in [9.17, 15) is 4.79 Å². The molecule has 0 bridgehead atoms. The zero-order chi connectivity index (χ0) is 23.5. The van der Waals surface area contributed by atoms with E-state index in [2.05, 4.69) is 73.3 Å². The van der Waals surface area contributed by atoms with Gasteiger partial charge in [-0.25, -0.2) is 14.8 Å². The van der Waals surface area contributed by atoms with Gasteiger partial charge in [0, 0.05) is 42.9 Å². The smallest absolute Gasteiger partial charge is 0.358 e. The highest BCUT2D eigenvalue weighted by atomic mass is 16.5. The van der Waals surface area contributed by atoms with Crippen LogP contribution < -0.4 is 9.80 Å². The molecule has 2 aromatic carbocycles. The van der Waals surface area contributed by atoms with Crippen LogP contribution in [0, 0.1) is 0 Å².